The Labute approximate surface area is 155 Å². The highest BCUT2D eigenvalue weighted by Crippen LogP contribution is 2.30. The molecule has 1 saturated carbocycles. The van der Waals surface area contributed by atoms with Gasteiger partial charge >= 0.3 is 11.7 Å². The summed E-state index contributed by atoms with van der Waals surface area (Å²) < 4.78 is 17.0. The van der Waals surface area contributed by atoms with E-state index in [1.54, 1.807) is 0 Å². The maximum absolute atomic E-state index is 14.5. The van der Waals surface area contributed by atoms with Gasteiger partial charge in [0, 0.05) is 25.6 Å². The lowest BCUT2D eigenvalue weighted by Crippen LogP contribution is -2.41. The quantitative estimate of drug-likeness (QED) is 0.737. The SMILES string of the molecule is CC(C)n1c(=O)n(CCCC(=O)O)c(=O)c2cc(F)c(NCC3CC3)cc21. The maximum atomic E-state index is 14.5. The number of rotatable bonds is 8. The second-order valence-electron chi connectivity index (χ2n) is 7.37. The molecule has 0 amide bonds. The molecule has 27 heavy (non-hydrogen) atoms. The molecule has 0 atom stereocenters. The number of halogens is 1. The van der Waals surface area contributed by atoms with E-state index in [9.17, 15) is 18.8 Å². The van der Waals surface area contributed by atoms with Crippen molar-refractivity contribution in [1.29, 1.82) is 0 Å². The molecule has 1 heterocycles. The van der Waals surface area contributed by atoms with Crippen LogP contribution in [0.2, 0.25) is 0 Å². The van der Waals surface area contributed by atoms with Gasteiger partial charge in [-0.25, -0.2) is 9.18 Å². The maximum Gasteiger partial charge on any atom is 0.331 e. The highest BCUT2D eigenvalue weighted by molar-refractivity contribution is 5.82. The average Bonchev–Trinajstić information content (AvgIpc) is 3.41. The fourth-order valence-electron chi connectivity index (χ4n) is 3.19. The van der Waals surface area contributed by atoms with Crippen LogP contribution in [0.5, 0.6) is 0 Å². The van der Waals surface area contributed by atoms with E-state index in [0.717, 1.165) is 17.4 Å². The molecule has 0 radical (unpaired) electrons. The van der Waals surface area contributed by atoms with Gasteiger partial charge in [-0.3, -0.25) is 18.7 Å². The van der Waals surface area contributed by atoms with E-state index < -0.39 is 23.0 Å². The predicted molar refractivity (Wildman–Crippen MR) is 101 cm³/mol. The Morgan fingerprint density at radius 1 is 1.33 bits per heavy atom. The van der Waals surface area contributed by atoms with Crippen LogP contribution in [-0.2, 0) is 11.3 Å². The molecule has 3 rings (SSSR count). The largest absolute Gasteiger partial charge is 0.481 e. The second-order valence-corrected chi connectivity index (χ2v) is 7.37. The first-order chi connectivity index (χ1) is 12.8. The van der Waals surface area contributed by atoms with Crippen molar-refractivity contribution in [3.05, 3.63) is 38.8 Å². The van der Waals surface area contributed by atoms with Gasteiger partial charge in [0.1, 0.15) is 5.82 Å². The summed E-state index contributed by atoms with van der Waals surface area (Å²) in [6.45, 7) is 4.28. The number of carbonyl (C=O) groups is 1. The summed E-state index contributed by atoms with van der Waals surface area (Å²) in [5.74, 6) is -0.980. The van der Waals surface area contributed by atoms with Gasteiger partial charge in [-0.05, 0) is 51.2 Å². The molecule has 0 bridgehead atoms. The molecule has 1 aliphatic carbocycles. The lowest BCUT2D eigenvalue weighted by Gasteiger charge is -2.18. The van der Waals surface area contributed by atoms with Crippen LogP contribution >= 0.6 is 0 Å². The molecular weight excluding hydrogens is 353 g/mol. The van der Waals surface area contributed by atoms with Crippen LogP contribution in [0.25, 0.3) is 10.9 Å². The zero-order valence-corrected chi connectivity index (χ0v) is 15.5. The standard InChI is InChI=1S/C19H24FN3O4/c1-11(2)23-16-9-15(21-10-12-5-6-12)14(20)8-13(16)18(26)22(19(23)27)7-3-4-17(24)25/h8-9,11-12,21H,3-7,10H2,1-2H3,(H,24,25). The van der Waals surface area contributed by atoms with Gasteiger partial charge in [-0.15, -0.1) is 0 Å². The Kier molecular flexibility index (Phi) is 5.34. The van der Waals surface area contributed by atoms with Gasteiger partial charge < -0.3 is 10.4 Å². The lowest BCUT2D eigenvalue weighted by molar-refractivity contribution is -0.137. The second kappa shape index (κ2) is 7.54. The van der Waals surface area contributed by atoms with Crippen LogP contribution in [-0.4, -0.2) is 26.8 Å². The molecule has 2 N–H and O–H groups in total. The number of aliphatic carboxylic acids is 1. The number of benzene rings is 1. The number of hydrogen-bond donors (Lipinski definition) is 2. The smallest absolute Gasteiger partial charge is 0.331 e. The summed E-state index contributed by atoms with van der Waals surface area (Å²) >= 11 is 0. The van der Waals surface area contributed by atoms with Gasteiger partial charge in [-0.2, -0.15) is 0 Å². The van der Waals surface area contributed by atoms with E-state index in [1.165, 1.54) is 16.7 Å². The minimum atomic E-state index is -0.995. The number of fused-ring (bicyclic) bond motifs is 1. The van der Waals surface area contributed by atoms with Crippen molar-refractivity contribution >= 4 is 22.6 Å². The molecule has 8 heteroatoms. The molecule has 0 spiro atoms. The number of anilines is 1. The van der Waals surface area contributed by atoms with Crippen molar-refractivity contribution < 1.29 is 14.3 Å². The van der Waals surface area contributed by atoms with Crippen molar-refractivity contribution in [3.63, 3.8) is 0 Å². The molecule has 146 valence electrons. The molecule has 0 saturated heterocycles. The van der Waals surface area contributed by atoms with Crippen LogP contribution in [0.3, 0.4) is 0 Å². The first-order valence-electron chi connectivity index (χ1n) is 9.24. The van der Waals surface area contributed by atoms with Crippen LogP contribution in [0.15, 0.2) is 21.7 Å². The van der Waals surface area contributed by atoms with E-state index in [1.807, 2.05) is 13.8 Å². The Hall–Kier alpha value is -2.64. The Balaban J connectivity index is 2.10. The number of hydrogen-bond acceptors (Lipinski definition) is 4. The fourth-order valence-corrected chi connectivity index (χ4v) is 3.19. The summed E-state index contributed by atoms with van der Waals surface area (Å²) in [5.41, 5.74) is -0.432. The monoisotopic (exact) mass is 377 g/mol. The molecule has 1 aromatic carbocycles. The number of carboxylic acids is 1. The molecule has 1 aliphatic rings. The summed E-state index contributed by atoms with van der Waals surface area (Å²) in [7, 11) is 0. The third kappa shape index (κ3) is 4.04. The molecule has 1 fully saturated rings. The van der Waals surface area contributed by atoms with Gasteiger partial charge in [0.15, 0.2) is 0 Å². The number of nitrogens with one attached hydrogen (secondary N) is 1. The molecule has 2 aromatic rings. The first kappa shape index (κ1) is 19.1. The zero-order chi connectivity index (χ0) is 19.7. The summed E-state index contributed by atoms with van der Waals surface area (Å²) in [6.07, 6.45) is 2.25. The van der Waals surface area contributed by atoms with Crippen LogP contribution in [0, 0.1) is 11.7 Å². The first-order valence-corrected chi connectivity index (χ1v) is 9.24. The van der Waals surface area contributed by atoms with Crippen LogP contribution < -0.4 is 16.6 Å². The minimum Gasteiger partial charge on any atom is -0.481 e. The average molecular weight is 377 g/mol. The van der Waals surface area contributed by atoms with Crippen molar-refractivity contribution in [1.82, 2.24) is 9.13 Å². The minimum absolute atomic E-state index is 0.0179. The van der Waals surface area contributed by atoms with Crippen molar-refractivity contribution in [3.8, 4) is 0 Å². The number of nitrogens with zero attached hydrogens (tertiary/aromatic N) is 2. The Morgan fingerprint density at radius 2 is 2.04 bits per heavy atom. The van der Waals surface area contributed by atoms with Gasteiger partial charge in [-0.1, -0.05) is 0 Å². The summed E-state index contributed by atoms with van der Waals surface area (Å²) in [5, 5.41) is 12.0. The third-order valence-corrected chi connectivity index (χ3v) is 4.82. The Morgan fingerprint density at radius 3 is 2.63 bits per heavy atom. The molecule has 0 unspecified atom stereocenters. The van der Waals surface area contributed by atoms with E-state index in [0.29, 0.717) is 18.0 Å². The van der Waals surface area contributed by atoms with E-state index in [2.05, 4.69) is 5.32 Å². The number of carboxylic acid groups (broad SMARTS) is 1. The van der Waals surface area contributed by atoms with Gasteiger partial charge in [0.25, 0.3) is 5.56 Å². The van der Waals surface area contributed by atoms with Crippen LogP contribution in [0.4, 0.5) is 10.1 Å². The van der Waals surface area contributed by atoms with E-state index in [4.69, 9.17) is 5.11 Å². The van der Waals surface area contributed by atoms with Crippen molar-refractivity contribution in [2.45, 2.75) is 52.1 Å². The fraction of sp³-hybridized carbons (Fsp3) is 0.526. The van der Waals surface area contributed by atoms with E-state index in [-0.39, 0.29) is 36.5 Å². The highest BCUT2D eigenvalue weighted by atomic mass is 19.1. The van der Waals surface area contributed by atoms with E-state index >= 15 is 0 Å². The topological polar surface area (TPSA) is 93.3 Å². The molecule has 7 nitrogen and oxygen atoms in total. The predicted octanol–water partition coefficient (Wildman–Crippen LogP) is 2.57. The summed E-state index contributed by atoms with van der Waals surface area (Å²) in [4.78, 5) is 36.3. The molecule has 0 aliphatic heterocycles. The van der Waals surface area contributed by atoms with Crippen molar-refractivity contribution in [2.75, 3.05) is 11.9 Å². The van der Waals surface area contributed by atoms with Crippen molar-refractivity contribution in [2.24, 2.45) is 5.92 Å². The summed E-state index contributed by atoms with van der Waals surface area (Å²) in [6, 6.07) is 2.45. The zero-order valence-electron chi connectivity index (χ0n) is 15.5. The normalized spacial score (nSPS) is 14.1. The number of aromatic nitrogens is 2. The van der Waals surface area contributed by atoms with Crippen LogP contribution in [0.1, 0.15) is 45.6 Å². The Bertz CT molecular complexity index is 989. The third-order valence-electron chi connectivity index (χ3n) is 4.82. The molecular formula is C19H24FN3O4. The lowest BCUT2D eigenvalue weighted by atomic mass is 10.1. The van der Waals surface area contributed by atoms with Gasteiger partial charge in [0.05, 0.1) is 16.6 Å². The highest BCUT2D eigenvalue weighted by Gasteiger charge is 2.22. The molecule has 1 aromatic heterocycles. The van der Waals surface area contributed by atoms with Gasteiger partial charge in [0.2, 0.25) is 0 Å².